The summed E-state index contributed by atoms with van der Waals surface area (Å²) in [6.45, 7) is 0. The SMILES string of the molecule is O=C(O)c1ccccc1SCc1ncccn1. The summed E-state index contributed by atoms with van der Waals surface area (Å²) in [4.78, 5) is 19.9. The molecule has 0 radical (unpaired) electrons. The minimum Gasteiger partial charge on any atom is -0.478 e. The summed E-state index contributed by atoms with van der Waals surface area (Å²) in [5.41, 5.74) is 0.313. The lowest BCUT2D eigenvalue weighted by atomic mass is 10.2. The summed E-state index contributed by atoms with van der Waals surface area (Å²) < 4.78 is 0. The molecule has 2 rings (SSSR count). The van der Waals surface area contributed by atoms with Crippen LogP contribution >= 0.6 is 11.8 Å². The number of carbonyl (C=O) groups is 1. The Kier molecular flexibility index (Phi) is 3.72. The topological polar surface area (TPSA) is 63.1 Å². The zero-order chi connectivity index (χ0) is 12.1. The highest BCUT2D eigenvalue weighted by Gasteiger charge is 2.09. The van der Waals surface area contributed by atoms with Gasteiger partial charge in [-0.15, -0.1) is 11.8 Å². The van der Waals surface area contributed by atoms with Crippen molar-refractivity contribution in [3.63, 3.8) is 0 Å². The zero-order valence-corrected chi connectivity index (χ0v) is 9.72. The van der Waals surface area contributed by atoms with Crippen LogP contribution < -0.4 is 0 Å². The highest BCUT2D eigenvalue weighted by molar-refractivity contribution is 7.98. The Morgan fingerprint density at radius 1 is 1.18 bits per heavy atom. The van der Waals surface area contributed by atoms with Gasteiger partial charge in [0.15, 0.2) is 0 Å². The summed E-state index contributed by atoms with van der Waals surface area (Å²) in [6, 6.07) is 8.67. The summed E-state index contributed by atoms with van der Waals surface area (Å²) in [6.07, 6.45) is 3.35. The van der Waals surface area contributed by atoms with Gasteiger partial charge in [0.05, 0.1) is 11.3 Å². The maximum Gasteiger partial charge on any atom is 0.336 e. The number of nitrogens with zero attached hydrogens (tertiary/aromatic N) is 2. The minimum atomic E-state index is -0.915. The van der Waals surface area contributed by atoms with E-state index in [1.807, 2.05) is 6.07 Å². The number of thioether (sulfide) groups is 1. The average molecular weight is 246 g/mol. The van der Waals surface area contributed by atoms with Gasteiger partial charge in [0.1, 0.15) is 5.82 Å². The minimum absolute atomic E-state index is 0.313. The summed E-state index contributed by atoms with van der Waals surface area (Å²) in [5, 5.41) is 9.02. The summed E-state index contributed by atoms with van der Waals surface area (Å²) in [5.74, 6) is 0.338. The lowest BCUT2D eigenvalue weighted by Gasteiger charge is -2.04. The van der Waals surface area contributed by atoms with Gasteiger partial charge in [-0.25, -0.2) is 14.8 Å². The van der Waals surface area contributed by atoms with E-state index in [0.717, 1.165) is 4.90 Å². The van der Waals surface area contributed by atoms with E-state index in [2.05, 4.69) is 9.97 Å². The van der Waals surface area contributed by atoms with Crippen molar-refractivity contribution in [1.29, 1.82) is 0 Å². The number of aromatic nitrogens is 2. The third-order valence-corrected chi connectivity index (χ3v) is 3.16. The highest BCUT2D eigenvalue weighted by Crippen LogP contribution is 2.24. The molecule has 0 aliphatic heterocycles. The van der Waals surface area contributed by atoms with Crippen molar-refractivity contribution < 1.29 is 9.90 Å². The second-order valence-electron chi connectivity index (χ2n) is 3.26. The third kappa shape index (κ3) is 3.04. The molecule has 1 N–H and O–H groups in total. The Labute approximate surface area is 103 Å². The predicted molar refractivity (Wildman–Crippen MR) is 65.0 cm³/mol. The fraction of sp³-hybridized carbons (Fsp3) is 0.0833. The maximum atomic E-state index is 11.0. The number of carboxylic acid groups (broad SMARTS) is 1. The molecule has 1 aromatic carbocycles. The predicted octanol–water partition coefficient (Wildman–Crippen LogP) is 2.47. The molecule has 0 spiro atoms. The van der Waals surface area contributed by atoms with Crippen molar-refractivity contribution in [2.75, 3.05) is 0 Å². The van der Waals surface area contributed by atoms with Gasteiger partial charge in [-0.3, -0.25) is 0 Å². The van der Waals surface area contributed by atoms with Gasteiger partial charge in [-0.2, -0.15) is 0 Å². The molecule has 0 unspecified atom stereocenters. The summed E-state index contributed by atoms with van der Waals surface area (Å²) in [7, 11) is 0. The van der Waals surface area contributed by atoms with E-state index in [1.165, 1.54) is 11.8 Å². The second kappa shape index (κ2) is 5.45. The van der Waals surface area contributed by atoms with E-state index in [-0.39, 0.29) is 0 Å². The van der Waals surface area contributed by atoms with E-state index >= 15 is 0 Å². The lowest BCUT2D eigenvalue weighted by molar-refractivity contribution is 0.0693. The first kappa shape index (κ1) is 11.6. The number of hydrogen-bond donors (Lipinski definition) is 1. The Bertz CT molecular complexity index is 517. The molecule has 2 aromatic rings. The fourth-order valence-electron chi connectivity index (χ4n) is 1.32. The molecule has 86 valence electrons. The van der Waals surface area contributed by atoms with Crippen LogP contribution in [0.5, 0.6) is 0 Å². The Hall–Kier alpha value is -1.88. The van der Waals surface area contributed by atoms with E-state index in [9.17, 15) is 4.79 Å². The largest absolute Gasteiger partial charge is 0.478 e. The molecule has 1 aromatic heterocycles. The molecule has 0 amide bonds. The van der Waals surface area contributed by atoms with Crippen molar-refractivity contribution in [3.05, 3.63) is 54.1 Å². The Balaban J connectivity index is 2.12. The van der Waals surface area contributed by atoms with Gasteiger partial charge < -0.3 is 5.11 Å². The molecule has 17 heavy (non-hydrogen) atoms. The molecule has 0 bridgehead atoms. The summed E-state index contributed by atoms with van der Waals surface area (Å²) >= 11 is 1.42. The third-order valence-electron chi connectivity index (χ3n) is 2.09. The first-order valence-electron chi connectivity index (χ1n) is 4.98. The van der Waals surface area contributed by atoms with Crippen LogP contribution in [0.2, 0.25) is 0 Å². The molecular weight excluding hydrogens is 236 g/mol. The molecule has 0 saturated carbocycles. The molecule has 0 aliphatic rings. The standard InChI is InChI=1S/C12H10N2O2S/c15-12(16)9-4-1-2-5-10(9)17-8-11-13-6-3-7-14-11/h1-7H,8H2,(H,15,16). The molecule has 4 nitrogen and oxygen atoms in total. The van der Waals surface area contributed by atoms with Crippen LogP contribution in [-0.2, 0) is 5.75 Å². The lowest BCUT2D eigenvalue weighted by Crippen LogP contribution is -1.98. The van der Waals surface area contributed by atoms with Gasteiger partial charge in [0, 0.05) is 17.3 Å². The van der Waals surface area contributed by atoms with Crippen LogP contribution in [-0.4, -0.2) is 21.0 Å². The van der Waals surface area contributed by atoms with Crippen molar-refractivity contribution >= 4 is 17.7 Å². The van der Waals surface area contributed by atoms with E-state index in [1.54, 1.807) is 36.7 Å². The number of hydrogen-bond acceptors (Lipinski definition) is 4. The van der Waals surface area contributed by atoms with E-state index < -0.39 is 5.97 Å². The average Bonchev–Trinajstić information content (AvgIpc) is 2.38. The van der Waals surface area contributed by atoms with Gasteiger partial charge in [-0.05, 0) is 18.2 Å². The smallest absolute Gasteiger partial charge is 0.336 e. The van der Waals surface area contributed by atoms with E-state index in [4.69, 9.17) is 5.11 Å². The van der Waals surface area contributed by atoms with Gasteiger partial charge >= 0.3 is 5.97 Å². The van der Waals surface area contributed by atoms with Crippen molar-refractivity contribution in [2.24, 2.45) is 0 Å². The van der Waals surface area contributed by atoms with Crippen LogP contribution in [0.15, 0.2) is 47.6 Å². The number of aromatic carboxylic acids is 1. The second-order valence-corrected chi connectivity index (χ2v) is 4.27. The Morgan fingerprint density at radius 2 is 1.88 bits per heavy atom. The van der Waals surface area contributed by atoms with Crippen LogP contribution in [0, 0.1) is 0 Å². The van der Waals surface area contributed by atoms with Crippen LogP contribution in [0.3, 0.4) is 0 Å². The number of benzene rings is 1. The molecule has 0 saturated heterocycles. The molecule has 0 atom stereocenters. The quantitative estimate of drug-likeness (QED) is 0.839. The maximum absolute atomic E-state index is 11.0. The Morgan fingerprint density at radius 3 is 2.59 bits per heavy atom. The van der Waals surface area contributed by atoms with Crippen LogP contribution in [0.25, 0.3) is 0 Å². The first-order chi connectivity index (χ1) is 8.27. The number of carboxylic acids is 1. The molecule has 1 heterocycles. The van der Waals surface area contributed by atoms with Crippen molar-refractivity contribution in [3.8, 4) is 0 Å². The van der Waals surface area contributed by atoms with Gasteiger partial charge in [-0.1, -0.05) is 12.1 Å². The monoisotopic (exact) mass is 246 g/mol. The zero-order valence-electron chi connectivity index (χ0n) is 8.91. The highest BCUT2D eigenvalue weighted by atomic mass is 32.2. The van der Waals surface area contributed by atoms with Gasteiger partial charge in [0.2, 0.25) is 0 Å². The van der Waals surface area contributed by atoms with Crippen LogP contribution in [0.4, 0.5) is 0 Å². The first-order valence-corrected chi connectivity index (χ1v) is 5.97. The van der Waals surface area contributed by atoms with E-state index in [0.29, 0.717) is 17.1 Å². The normalized spacial score (nSPS) is 10.1. The number of rotatable bonds is 4. The molecule has 5 heteroatoms. The molecular formula is C12H10N2O2S. The molecule has 0 fully saturated rings. The van der Waals surface area contributed by atoms with Crippen molar-refractivity contribution in [2.45, 2.75) is 10.6 Å². The fourth-order valence-corrected chi connectivity index (χ4v) is 2.24. The van der Waals surface area contributed by atoms with Gasteiger partial charge in [0.25, 0.3) is 0 Å². The van der Waals surface area contributed by atoms with Crippen molar-refractivity contribution in [1.82, 2.24) is 9.97 Å². The molecule has 0 aliphatic carbocycles. The van der Waals surface area contributed by atoms with Crippen LogP contribution in [0.1, 0.15) is 16.2 Å².